The van der Waals surface area contributed by atoms with Crippen LogP contribution in [0.4, 0.5) is 0 Å². The first-order valence-electron chi connectivity index (χ1n) is 9.84. The highest BCUT2D eigenvalue weighted by Gasteiger charge is 2.34. The number of nitrogens with one attached hydrogen (secondary N) is 1. The molecule has 9 nitrogen and oxygen atoms in total. The zero-order valence-corrected chi connectivity index (χ0v) is 17.7. The van der Waals surface area contributed by atoms with E-state index in [1.54, 1.807) is 12.1 Å². The third-order valence-electron chi connectivity index (χ3n) is 5.27. The Hall–Kier alpha value is -3.30. The number of carbonyl (C=O) groups excluding carboxylic acids is 5. The molecule has 1 saturated heterocycles. The van der Waals surface area contributed by atoms with Gasteiger partial charge in [0.2, 0.25) is 18.4 Å². The van der Waals surface area contributed by atoms with E-state index < -0.39 is 42.5 Å². The molecule has 1 N–H and O–H groups in total. The van der Waals surface area contributed by atoms with E-state index in [1.165, 1.54) is 12.1 Å². The minimum atomic E-state index is -0.918. The van der Waals surface area contributed by atoms with E-state index in [0.717, 1.165) is 19.2 Å². The Morgan fingerprint density at radius 3 is 2.31 bits per heavy atom. The molecule has 0 radical (unpaired) electrons. The fourth-order valence-electron chi connectivity index (χ4n) is 3.61. The van der Waals surface area contributed by atoms with Crippen LogP contribution in [0, 0.1) is 5.92 Å². The summed E-state index contributed by atoms with van der Waals surface area (Å²) in [4.78, 5) is 61.3. The number of esters is 2. The molecule has 10 heteroatoms. The second-order valence-corrected chi connectivity index (χ2v) is 7.28. The van der Waals surface area contributed by atoms with Gasteiger partial charge in [-0.15, -0.1) is 12.4 Å². The van der Waals surface area contributed by atoms with E-state index in [0.29, 0.717) is 12.8 Å². The van der Waals surface area contributed by atoms with Gasteiger partial charge >= 0.3 is 11.9 Å². The fraction of sp³-hybridized carbons (Fsp3) is 0.318. The van der Waals surface area contributed by atoms with Crippen LogP contribution >= 0.6 is 12.4 Å². The van der Waals surface area contributed by atoms with Gasteiger partial charge in [0.1, 0.15) is 6.42 Å². The number of hydrogen-bond acceptors (Lipinski definition) is 9. The number of fused-ring (bicyclic) bond motifs is 2. The van der Waals surface area contributed by atoms with Crippen molar-refractivity contribution in [1.82, 2.24) is 5.32 Å². The lowest BCUT2D eigenvalue weighted by atomic mass is 9.88. The predicted molar refractivity (Wildman–Crippen MR) is 111 cm³/mol. The van der Waals surface area contributed by atoms with Crippen LogP contribution in [0.3, 0.4) is 0 Å². The third kappa shape index (κ3) is 4.63. The van der Waals surface area contributed by atoms with E-state index in [-0.39, 0.29) is 46.5 Å². The largest absolute Gasteiger partial charge is 0.449 e. The molecule has 2 heterocycles. The van der Waals surface area contributed by atoms with Crippen molar-refractivity contribution < 1.29 is 37.9 Å². The second kappa shape index (κ2) is 9.88. The summed E-state index contributed by atoms with van der Waals surface area (Å²) >= 11 is 0. The molecule has 0 bridgehead atoms. The standard InChI is InChI=1S/C22H19NO8.ClH/c24-16(10-18(25)29-11-30-22(28)12-5-7-23-8-6-12)17-9-15-19(26)13-3-1-2-4-14(13)20(27)21(15)31-17;/h1-4,9,12,23H,5-8,10-11H2;1H. The smallest absolute Gasteiger partial charge is 0.316 e. The number of ketones is 3. The van der Waals surface area contributed by atoms with Crippen LogP contribution in [-0.4, -0.2) is 49.2 Å². The molecule has 168 valence electrons. The average molecular weight is 462 g/mol. The van der Waals surface area contributed by atoms with E-state index in [4.69, 9.17) is 13.9 Å². The number of piperidine rings is 1. The van der Waals surface area contributed by atoms with Gasteiger partial charge in [0.15, 0.2) is 17.3 Å². The molecule has 1 aliphatic heterocycles. The van der Waals surface area contributed by atoms with Gasteiger partial charge in [-0.1, -0.05) is 24.3 Å². The highest BCUT2D eigenvalue weighted by atomic mass is 35.5. The third-order valence-corrected chi connectivity index (χ3v) is 5.27. The summed E-state index contributed by atoms with van der Waals surface area (Å²) in [5.74, 6) is -3.81. The molecule has 2 aliphatic rings. The maximum atomic E-state index is 12.6. The molecule has 1 aromatic heterocycles. The first kappa shape index (κ1) is 23.4. The molecule has 0 spiro atoms. The van der Waals surface area contributed by atoms with Gasteiger partial charge in [-0.3, -0.25) is 24.0 Å². The molecule has 4 rings (SSSR count). The van der Waals surface area contributed by atoms with E-state index in [2.05, 4.69) is 5.32 Å². The minimum absolute atomic E-state index is 0. The molecule has 1 fully saturated rings. The number of hydrogen-bond donors (Lipinski definition) is 1. The number of halogens is 1. The van der Waals surface area contributed by atoms with E-state index >= 15 is 0 Å². The molecule has 0 amide bonds. The fourth-order valence-corrected chi connectivity index (χ4v) is 3.61. The average Bonchev–Trinajstić information content (AvgIpc) is 3.24. The molecule has 0 unspecified atom stereocenters. The summed E-state index contributed by atoms with van der Waals surface area (Å²) in [5.41, 5.74) is 0.411. The maximum Gasteiger partial charge on any atom is 0.316 e. The van der Waals surface area contributed by atoms with E-state index in [9.17, 15) is 24.0 Å². The first-order chi connectivity index (χ1) is 15.0. The number of furan rings is 1. The topological polar surface area (TPSA) is 129 Å². The van der Waals surface area contributed by atoms with Gasteiger partial charge in [-0.25, -0.2) is 0 Å². The Morgan fingerprint density at radius 1 is 0.969 bits per heavy atom. The van der Waals surface area contributed by atoms with Crippen LogP contribution < -0.4 is 5.32 Å². The Balaban J connectivity index is 0.00000289. The van der Waals surface area contributed by atoms with Crippen molar-refractivity contribution in [1.29, 1.82) is 0 Å². The summed E-state index contributed by atoms with van der Waals surface area (Å²) in [6.45, 7) is 0.852. The molecular formula is C22H20ClNO8. The quantitative estimate of drug-likeness (QED) is 0.254. The van der Waals surface area contributed by atoms with Crippen molar-refractivity contribution in [2.24, 2.45) is 5.92 Å². The number of ether oxygens (including phenoxy) is 2. The van der Waals surface area contributed by atoms with Crippen LogP contribution in [0.5, 0.6) is 0 Å². The minimum Gasteiger partial charge on any atom is -0.449 e. The predicted octanol–water partition coefficient (Wildman–Crippen LogP) is 2.09. The second-order valence-electron chi connectivity index (χ2n) is 7.28. The van der Waals surface area contributed by atoms with Gasteiger partial charge in [0, 0.05) is 11.1 Å². The Bertz CT molecular complexity index is 1030. The summed E-state index contributed by atoms with van der Waals surface area (Å²) in [5, 5.41) is 3.13. The Morgan fingerprint density at radius 2 is 1.62 bits per heavy atom. The van der Waals surface area contributed by atoms with Crippen molar-refractivity contribution >= 4 is 41.7 Å². The summed E-state index contributed by atoms with van der Waals surface area (Å²) < 4.78 is 15.0. The van der Waals surface area contributed by atoms with E-state index in [1.807, 2.05) is 0 Å². The lowest BCUT2D eigenvalue weighted by molar-refractivity contribution is -0.170. The number of rotatable bonds is 6. The number of Topliss-reactive ketones (excluding diaryl/α,β-unsaturated/α-hetero) is 1. The van der Waals surface area contributed by atoms with Gasteiger partial charge in [-0.2, -0.15) is 0 Å². The van der Waals surface area contributed by atoms with Crippen molar-refractivity contribution in [3.05, 3.63) is 58.5 Å². The van der Waals surface area contributed by atoms with Crippen LogP contribution in [-0.2, 0) is 19.1 Å². The molecule has 0 saturated carbocycles. The molecule has 32 heavy (non-hydrogen) atoms. The highest BCUT2D eigenvalue weighted by molar-refractivity contribution is 6.28. The Kier molecular flexibility index (Phi) is 7.22. The Labute approximate surface area is 188 Å². The zero-order valence-electron chi connectivity index (χ0n) is 16.9. The lowest BCUT2D eigenvalue weighted by Gasteiger charge is -2.20. The van der Waals surface area contributed by atoms with Crippen molar-refractivity contribution in [2.45, 2.75) is 19.3 Å². The first-order valence-corrected chi connectivity index (χ1v) is 9.84. The van der Waals surface area contributed by atoms with Crippen molar-refractivity contribution in [2.75, 3.05) is 19.9 Å². The number of benzene rings is 1. The van der Waals surface area contributed by atoms with Gasteiger partial charge in [0.05, 0.1) is 11.5 Å². The molecule has 2 aromatic rings. The van der Waals surface area contributed by atoms with Crippen LogP contribution in [0.15, 0.2) is 34.7 Å². The van der Waals surface area contributed by atoms with Gasteiger partial charge in [-0.05, 0) is 32.0 Å². The zero-order chi connectivity index (χ0) is 22.0. The van der Waals surface area contributed by atoms with Crippen LogP contribution in [0.2, 0.25) is 0 Å². The normalized spacial score (nSPS) is 15.2. The molecule has 1 aromatic carbocycles. The maximum absolute atomic E-state index is 12.6. The highest BCUT2D eigenvalue weighted by Crippen LogP contribution is 2.30. The lowest BCUT2D eigenvalue weighted by Crippen LogP contribution is -2.33. The number of carbonyl (C=O) groups is 5. The van der Waals surface area contributed by atoms with Crippen LogP contribution in [0.1, 0.15) is 61.9 Å². The summed E-state index contributed by atoms with van der Waals surface area (Å²) in [6, 6.07) is 7.45. The molecular weight excluding hydrogens is 442 g/mol. The summed E-state index contributed by atoms with van der Waals surface area (Å²) in [6.07, 6.45) is 0.609. The van der Waals surface area contributed by atoms with Gasteiger partial charge < -0.3 is 19.2 Å². The van der Waals surface area contributed by atoms with Crippen molar-refractivity contribution in [3.8, 4) is 0 Å². The van der Waals surface area contributed by atoms with Crippen molar-refractivity contribution in [3.63, 3.8) is 0 Å². The van der Waals surface area contributed by atoms with Crippen LogP contribution in [0.25, 0.3) is 0 Å². The monoisotopic (exact) mass is 461 g/mol. The SMILES string of the molecule is Cl.O=C(CC(=O)c1cc2c(o1)C(=O)c1ccccc1C2=O)OCOC(=O)C1CCNCC1. The molecule has 0 atom stereocenters. The van der Waals surface area contributed by atoms with Gasteiger partial charge in [0.25, 0.3) is 0 Å². The molecule has 1 aliphatic carbocycles. The summed E-state index contributed by atoms with van der Waals surface area (Å²) in [7, 11) is 0.